The van der Waals surface area contributed by atoms with Crippen LogP contribution < -0.4 is 11.1 Å². The van der Waals surface area contributed by atoms with Crippen molar-refractivity contribution in [2.45, 2.75) is 51.9 Å². The van der Waals surface area contributed by atoms with Crippen molar-refractivity contribution in [2.24, 2.45) is 17.1 Å². The summed E-state index contributed by atoms with van der Waals surface area (Å²) < 4.78 is 0. The Morgan fingerprint density at radius 2 is 2.00 bits per heavy atom. The van der Waals surface area contributed by atoms with Crippen LogP contribution in [-0.4, -0.2) is 30.1 Å². The molecule has 1 unspecified atom stereocenters. The van der Waals surface area contributed by atoms with E-state index in [0.717, 1.165) is 25.7 Å². The van der Waals surface area contributed by atoms with Crippen molar-refractivity contribution in [2.75, 3.05) is 13.1 Å². The van der Waals surface area contributed by atoms with Crippen molar-refractivity contribution in [3.63, 3.8) is 0 Å². The first kappa shape index (κ1) is 16.0. The predicted octanol–water partition coefficient (Wildman–Crippen LogP) is 1.51. The zero-order valence-electron chi connectivity index (χ0n) is 11.8. The van der Waals surface area contributed by atoms with Gasteiger partial charge in [-0.2, -0.15) is 0 Å². The molecule has 1 aliphatic carbocycles. The summed E-state index contributed by atoms with van der Waals surface area (Å²) in [4.78, 5) is 22.7. The number of hydrogen-bond acceptors (Lipinski definition) is 3. The van der Waals surface area contributed by atoms with Gasteiger partial charge >= 0.3 is 5.97 Å². The van der Waals surface area contributed by atoms with Crippen LogP contribution in [0.1, 0.15) is 51.9 Å². The number of rotatable bonds is 10. The van der Waals surface area contributed by atoms with Crippen molar-refractivity contribution in [3.8, 4) is 0 Å². The van der Waals surface area contributed by atoms with Gasteiger partial charge in [0.2, 0.25) is 5.91 Å². The van der Waals surface area contributed by atoms with Crippen molar-refractivity contribution in [1.29, 1.82) is 0 Å². The minimum absolute atomic E-state index is 0.0364. The van der Waals surface area contributed by atoms with Crippen LogP contribution in [0.3, 0.4) is 0 Å². The maximum atomic E-state index is 11.7. The van der Waals surface area contributed by atoms with Gasteiger partial charge in [-0.05, 0) is 38.1 Å². The lowest BCUT2D eigenvalue weighted by molar-refractivity contribution is -0.143. The van der Waals surface area contributed by atoms with E-state index in [0.29, 0.717) is 31.7 Å². The topological polar surface area (TPSA) is 92.4 Å². The van der Waals surface area contributed by atoms with E-state index in [-0.39, 0.29) is 12.5 Å². The lowest BCUT2D eigenvalue weighted by Crippen LogP contribution is -2.34. The normalized spacial score (nSPS) is 17.8. The Labute approximate surface area is 114 Å². The second-order valence-corrected chi connectivity index (χ2v) is 5.63. The predicted molar refractivity (Wildman–Crippen MR) is 73.6 cm³/mol. The molecule has 4 N–H and O–H groups in total. The van der Waals surface area contributed by atoms with E-state index in [1.54, 1.807) is 0 Å². The van der Waals surface area contributed by atoms with Crippen LogP contribution in [0.25, 0.3) is 0 Å². The number of hydrogen-bond donors (Lipinski definition) is 3. The highest BCUT2D eigenvalue weighted by Gasteiger charge is 2.50. The molecular weight excluding hydrogens is 244 g/mol. The molecule has 5 heteroatoms. The number of nitrogens with one attached hydrogen (secondary N) is 1. The number of carbonyl (C=O) groups excluding carboxylic acids is 1. The quantitative estimate of drug-likeness (QED) is 0.561. The first-order valence-corrected chi connectivity index (χ1v) is 7.24. The second-order valence-electron chi connectivity index (χ2n) is 5.63. The Kier molecular flexibility index (Phi) is 6.28. The summed E-state index contributed by atoms with van der Waals surface area (Å²) in [7, 11) is 0. The molecule has 0 aromatic rings. The lowest BCUT2D eigenvalue weighted by atomic mass is 9.94. The number of amides is 1. The summed E-state index contributed by atoms with van der Waals surface area (Å²) >= 11 is 0. The molecule has 5 nitrogen and oxygen atoms in total. The lowest BCUT2D eigenvalue weighted by Gasteiger charge is -2.15. The van der Waals surface area contributed by atoms with Crippen molar-refractivity contribution in [3.05, 3.63) is 0 Å². The molecule has 1 rings (SSSR count). The van der Waals surface area contributed by atoms with Crippen molar-refractivity contribution in [1.82, 2.24) is 5.32 Å². The number of carbonyl (C=O) groups is 2. The van der Waals surface area contributed by atoms with E-state index in [1.165, 1.54) is 0 Å². The molecule has 0 aromatic carbocycles. The summed E-state index contributed by atoms with van der Waals surface area (Å²) in [6.07, 6.45) is 5.83. The van der Waals surface area contributed by atoms with Crippen LogP contribution in [0.5, 0.6) is 0 Å². The van der Waals surface area contributed by atoms with E-state index < -0.39 is 11.4 Å². The maximum absolute atomic E-state index is 11.7. The average molecular weight is 270 g/mol. The standard InChI is InChI=1S/C14H26N2O3/c1-2-3-11(6-9-15)4-5-12(17)16-10-14(7-8-14)13(18)19/h11H,2-10,15H2,1H3,(H,16,17)(H,18,19). The van der Waals surface area contributed by atoms with Gasteiger partial charge in [-0.1, -0.05) is 19.8 Å². The van der Waals surface area contributed by atoms with Gasteiger partial charge in [-0.15, -0.1) is 0 Å². The van der Waals surface area contributed by atoms with E-state index in [9.17, 15) is 9.59 Å². The highest BCUT2D eigenvalue weighted by molar-refractivity contribution is 5.80. The molecular formula is C14H26N2O3. The van der Waals surface area contributed by atoms with Crippen LogP contribution in [0, 0.1) is 11.3 Å². The highest BCUT2D eigenvalue weighted by atomic mass is 16.4. The summed E-state index contributed by atoms with van der Waals surface area (Å²) in [5.74, 6) is -0.319. The summed E-state index contributed by atoms with van der Waals surface area (Å²) in [6, 6.07) is 0. The Hall–Kier alpha value is -1.10. The minimum atomic E-state index is -0.792. The van der Waals surface area contributed by atoms with Gasteiger partial charge in [0.1, 0.15) is 0 Å². The molecule has 0 aromatic heterocycles. The van der Waals surface area contributed by atoms with Gasteiger partial charge in [0.15, 0.2) is 0 Å². The molecule has 1 fully saturated rings. The number of carboxylic acids is 1. The first-order valence-electron chi connectivity index (χ1n) is 7.24. The fraction of sp³-hybridized carbons (Fsp3) is 0.857. The van der Waals surface area contributed by atoms with Gasteiger partial charge in [-0.3, -0.25) is 9.59 Å². The summed E-state index contributed by atoms with van der Waals surface area (Å²) in [5.41, 5.74) is 4.89. The third kappa shape index (κ3) is 5.19. The molecule has 0 bridgehead atoms. The largest absolute Gasteiger partial charge is 0.481 e. The Morgan fingerprint density at radius 3 is 2.47 bits per heavy atom. The highest BCUT2D eigenvalue weighted by Crippen LogP contribution is 2.45. The monoisotopic (exact) mass is 270 g/mol. The molecule has 0 saturated heterocycles. The van der Waals surface area contributed by atoms with Crippen LogP contribution >= 0.6 is 0 Å². The van der Waals surface area contributed by atoms with E-state index >= 15 is 0 Å². The van der Waals surface area contributed by atoms with Crippen molar-refractivity contribution >= 4 is 11.9 Å². The van der Waals surface area contributed by atoms with E-state index in [1.807, 2.05) is 0 Å². The van der Waals surface area contributed by atoms with Crippen LogP contribution in [0.4, 0.5) is 0 Å². The SMILES string of the molecule is CCCC(CCN)CCC(=O)NCC1(C(=O)O)CC1. The Bertz CT molecular complexity index is 308. The van der Waals surface area contributed by atoms with Gasteiger partial charge in [-0.25, -0.2) is 0 Å². The summed E-state index contributed by atoms with van der Waals surface area (Å²) in [5, 5.41) is 11.8. The fourth-order valence-corrected chi connectivity index (χ4v) is 2.39. The van der Waals surface area contributed by atoms with Crippen LogP contribution in [-0.2, 0) is 9.59 Å². The van der Waals surface area contributed by atoms with E-state index in [4.69, 9.17) is 10.8 Å². The zero-order chi connectivity index (χ0) is 14.3. The summed E-state index contributed by atoms with van der Waals surface area (Å²) in [6.45, 7) is 3.07. The molecule has 1 aliphatic rings. The zero-order valence-corrected chi connectivity index (χ0v) is 11.8. The third-order valence-electron chi connectivity index (χ3n) is 3.98. The molecule has 0 heterocycles. The van der Waals surface area contributed by atoms with Gasteiger partial charge in [0, 0.05) is 13.0 Å². The second kappa shape index (κ2) is 7.48. The molecule has 0 radical (unpaired) electrons. The molecule has 1 amide bonds. The molecule has 0 aliphatic heterocycles. The number of carboxylic acid groups (broad SMARTS) is 1. The number of nitrogens with two attached hydrogens (primary N) is 1. The van der Waals surface area contributed by atoms with Crippen molar-refractivity contribution < 1.29 is 14.7 Å². The molecule has 0 spiro atoms. The van der Waals surface area contributed by atoms with Gasteiger partial charge in [0.25, 0.3) is 0 Å². The van der Waals surface area contributed by atoms with E-state index in [2.05, 4.69) is 12.2 Å². The third-order valence-corrected chi connectivity index (χ3v) is 3.98. The average Bonchev–Trinajstić information content (AvgIpc) is 3.15. The van der Waals surface area contributed by atoms with Gasteiger partial charge in [0.05, 0.1) is 5.41 Å². The van der Waals surface area contributed by atoms with Crippen LogP contribution in [0.2, 0.25) is 0 Å². The molecule has 1 saturated carbocycles. The maximum Gasteiger partial charge on any atom is 0.311 e. The Balaban J connectivity index is 2.21. The molecule has 1 atom stereocenters. The molecule has 19 heavy (non-hydrogen) atoms. The first-order chi connectivity index (χ1) is 9.04. The number of aliphatic carboxylic acids is 1. The van der Waals surface area contributed by atoms with Crippen LogP contribution in [0.15, 0.2) is 0 Å². The minimum Gasteiger partial charge on any atom is -0.481 e. The van der Waals surface area contributed by atoms with Gasteiger partial charge < -0.3 is 16.2 Å². The fourth-order valence-electron chi connectivity index (χ4n) is 2.39. The molecule has 110 valence electrons. The smallest absolute Gasteiger partial charge is 0.311 e. The Morgan fingerprint density at radius 1 is 1.32 bits per heavy atom.